The van der Waals surface area contributed by atoms with E-state index in [4.69, 9.17) is 17.3 Å². The van der Waals surface area contributed by atoms with E-state index < -0.39 is 17.8 Å². The van der Waals surface area contributed by atoms with Crippen LogP contribution in [0.2, 0.25) is 5.02 Å². The van der Waals surface area contributed by atoms with Gasteiger partial charge in [-0.2, -0.15) is 0 Å². The van der Waals surface area contributed by atoms with E-state index in [0.29, 0.717) is 5.56 Å². The molecule has 1 aromatic rings. The van der Waals surface area contributed by atoms with Crippen LogP contribution in [0.15, 0.2) is 18.2 Å². The van der Waals surface area contributed by atoms with Crippen LogP contribution in [0.1, 0.15) is 5.56 Å². The quantitative estimate of drug-likeness (QED) is 0.803. The van der Waals surface area contributed by atoms with Gasteiger partial charge in [0.15, 0.2) is 0 Å². The van der Waals surface area contributed by atoms with E-state index in [1.54, 1.807) is 6.07 Å². The third-order valence-electron chi connectivity index (χ3n) is 1.94. The van der Waals surface area contributed by atoms with E-state index >= 15 is 0 Å². The standard InChI is InChI=1S/C10H11ClFNO2/c1-15-10(14)9(13)5-6-2-3-7(11)8(12)4-6/h2-4,9H,5,13H2,1H3. The molecule has 0 radical (unpaired) electrons. The number of halogens is 2. The summed E-state index contributed by atoms with van der Waals surface area (Å²) in [4.78, 5) is 11.0. The Bertz CT molecular complexity index is 370. The van der Waals surface area contributed by atoms with E-state index in [1.807, 2.05) is 0 Å². The third-order valence-corrected chi connectivity index (χ3v) is 2.25. The Morgan fingerprint density at radius 3 is 2.87 bits per heavy atom. The summed E-state index contributed by atoms with van der Waals surface area (Å²) in [6.45, 7) is 0. The number of methoxy groups -OCH3 is 1. The molecule has 1 atom stereocenters. The minimum absolute atomic E-state index is 0.0467. The van der Waals surface area contributed by atoms with Crippen LogP contribution in [0, 0.1) is 5.82 Å². The number of ether oxygens (including phenoxy) is 1. The highest BCUT2D eigenvalue weighted by Gasteiger charge is 2.14. The normalized spacial score (nSPS) is 12.3. The maximum absolute atomic E-state index is 13.0. The number of carbonyl (C=O) groups is 1. The molecule has 15 heavy (non-hydrogen) atoms. The van der Waals surface area contributed by atoms with Gasteiger partial charge in [-0.05, 0) is 24.1 Å². The Balaban J connectivity index is 2.73. The highest BCUT2D eigenvalue weighted by atomic mass is 35.5. The van der Waals surface area contributed by atoms with Gasteiger partial charge in [0.25, 0.3) is 0 Å². The molecule has 0 aromatic heterocycles. The average molecular weight is 232 g/mol. The molecular weight excluding hydrogens is 221 g/mol. The molecule has 1 rings (SSSR count). The highest BCUT2D eigenvalue weighted by molar-refractivity contribution is 6.30. The SMILES string of the molecule is COC(=O)C(N)Cc1ccc(Cl)c(F)c1. The molecule has 0 aliphatic heterocycles. The first-order valence-corrected chi connectivity index (χ1v) is 4.69. The number of hydrogen-bond acceptors (Lipinski definition) is 3. The Kier molecular flexibility index (Phi) is 4.05. The van der Waals surface area contributed by atoms with Crippen LogP contribution >= 0.6 is 11.6 Å². The van der Waals surface area contributed by atoms with Crippen molar-refractivity contribution in [1.82, 2.24) is 0 Å². The van der Waals surface area contributed by atoms with Crippen LogP contribution < -0.4 is 5.73 Å². The lowest BCUT2D eigenvalue weighted by Gasteiger charge is -2.09. The Morgan fingerprint density at radius 1 is 1.67 bits per heavy atom. The van der Waals surface area contributed by atoms with E-state index in [9.17, 15) is 9.18 Å². The Morgan fingerprint density at radius 2 is 2.33 bits per heavy atom. The number of carbonyl (C=O) groups excluding carboxylic acids is 1. The summed E-state index contributed by atoms with van der Waals surface area (Å²) in [6, 6.07) is 3.52. The van der Waals surface area contributed by atoms with E-state index in [0.717, 1.165) is 0 Å². The van der Waals surface area contributed by atoms with Crippen molar-refractivity contribution >= 4 is 17.6 Å². The molecule has 5 heteroatoms. The predicted octanol–water partition coefficient (Wildman–Crippen LogP) is 1.52. The minimum Gasteiger partial charge on any atom is -0.468 e. The predicted molar refractivity (Wildman–Crippen MR) is 55.1 cm³/mol. The lowest BCUT2D eigenvalue weighted by atomic mass is 10.1. The van der Waals surface area contributed by atoms with Gasteiger partial charge in [-0.1, -0.05) is 17.7 Å². The van der Waals surface area contributed by atoms with Crippen molar-refractivity contribution in [3.8, 4) is 0 Å². The average Bonchev–Trinajstić information content (AvgIpc) is 2.22. The van der Waals surface area contributed by atoms with Crippen LogP contribution in [0.5, 0.6) is 0 Å². The van der Waals surface area contributed by atoms with Gasteiger partial charge in [0, 0.05) is 0 Å². The fraction of sp³-hybridized carbons (Fsp3) is 0.300. The van der Waals surface area contributed by atoms with Gasteiger partial charge in [-0.3, -0.25) is 4.79 Å². The van der Waals surface area contributed by atoms with Crippen LogP contribution in [0.25, 0.3) is 0 Å². The van der Waals surface area contributed by atoms with Gasteiger partial charge in [-0.15, -0.1) is 0 Å². The topological polar surface area (TPSA) is 52.3 Å². The Labute approximate surface area is 92.0 Å². The van der Waals surface area contributed by atoms with Crippen molar-refractivity contribution in [2.45, 2.75) is 12.5 Å². The maximum Gasteiger partial charge on any atom is 0.322 e. The van der Waals surface area contributed by atoms with E-state index in [-0.39, 0.29) is 11.4 Å². The number of benzene rings is 1. The molecule has 0 aliphatic rings. The molecule has 0 spiro atoms. The van der Waals surface area contributed by atoms with Crippen molar-refractivity contribution < 1.29 is 13.9 Å². The zero-order chi connectivity index (χ0) is 11.4. The van der Waals surface area contributed by atoms with Crippen molar-refractivity contribution in [2.75, 3.05) is 7.11 Å². The van der Waals surface area contributed by atoms with Gasteiger partial charge >= 0.3 is 5.97 Å². The lowest BCUT2D eigenvalue weighted by molar-refractivity contribution is -0.142. The van der Waals surface area contributed by atoms with Gasteiger partial charge in [-0.25, -0.2) is 4.39 Å². The summed E-state index contributed by atoms with van der Waals surface area (Å²) < 4.78 is 17.5. The van der Waals surface area contributed by atoms with Gasteiger partial charge in [0.2, 0.25) is 0 Å². The maximum atomic E-state index is 13.0. The molecule has 0 saturated heterocycles. The first kappa shape index (κ1) is 11.9. The van der Waals surface area contributed by atoms with Crippen molar-refractivity contribution in [2.24, 2.45) is 5.73 Å². The van der Waals surface area contributed by atoms with E-state index in [1.165, 1.54) is 19.2 Å². The third kappa shape index (κ3) is 3.18. The molecule has 0 saturated carbocycles. The zero-order valence-electron chi connectivity index (χ0n) is 8.17. The molecule has 1 unspecified atom stereocenters. The molecule has 82 valence electrons. The fourth-order valence-electron chi connectivity index (χ4n) is 1.16. The van der Waals surface area contributed by atoms with Gasteiger partial charge < -0.3 is 10.5 Å². The van der Waals surface area contributed by atoms with Gasteiger partial charge in [0.05, 0.1) is 12.1 Å². The van der Waals surface area contributed by atoms with Crippen molar-refractivity contribution in [1.29, 1.82) is 0 Å². The smallest absolute Gasteiger partial charge is 0.322 e. The molecule has 2 N–H and O–H groups in total. The van der Waals surface area contributed by atoms with Crippen LogP contribution in [-0.2, 0) is 16.0 Å². The van der Waals surface area contributed by atoms with Crippen molar-refractivity contribution in [3.05, 3.63) is 34.6 Å². The summed E-state index contributed by atoms with van der Waals surface area (Å²) >= 11 is 5.51. The number of nitrogens with two attached hydrogens (primary N) is 1. The molecule has 0 heterocycles. The molecule has 0 amide bonds. The summed E-state index contributed by atoms with van der Waals surface area (Å²) in [5, 5.41) is 0.0467. The minimum atomic E-state index is -0.782. The second-order valence-corrected chi connectivity index (χ2v) is 3.49. The summed E-state index contributed by atoms with van der Waals surface area (Å²) in [5.74, 6) is -1.04. The van der Waals surface area contributed by atoms with Crippen LogP contribution in [-0.4, -0.2) is 19.1 Å². The second-order valence-electron chi connectivity index (χ2n) is 3.08. The summed E-state index contributed by atoms with van der Waals surface area (Å²) in [5.41, 5.74) is 6.12. The van der Waals surface area contributed by atoms with Crippen molar-refractivity contribution in [3.63, 3.8) is 0 Å². The summed E-state index contributed by atoms with van der Waals surface area (Å²) in [7, 11) is 1.25. The lowest BCUT2D eigenvalue weighted by Crippen LogP contribution is -2.33. The molecule has 3 nitrogen and oxygen atoms in total. The summed E-state index contributed by atoms with van der Waals surface area (Å²) in [6.07, 6.45) is 0.223. The zero-order valence-corrected chi connectivity index (χ0v) is 8.92. The fourth-order valence-corrected chi connectivity index (χ4v) is 1.27. The van der Waals surface area contributed by atoms with Gasteiger partial charge in [0.1, 0.15) is 11.9 Å². The number of rotatable bonds is 3. The first-order chi connectivity index (χ1) is 7.04. The molecular formula is C10H11ClFNO2. The number of esters is 1. The Hall–Kier alpha value is -1.13. The van der Waals surface area contributed by atoms with Crippen LogP contribution in [0.4, 0.5) is 4.39 Å². The van der Waals surface area contributed by atoms with E-state index in [2.05, 4.69) is 4.74 Å². The largest absolute Gasteiger partial charge is 0.468 e. The molecule has 0 bridgehead atoms. The molecule has 0 fully saturated rings. The monoisotopic (exact) mass is 231 g/mol. The molecule has 0 aliphatic carbocycles. The first-order valence-electron chi connectivity index (χ1n) is 4.32. The van der Waals surface area contributed by atoms with Crippen LogP contribution in [0.3, 0.4) is 0 Å². The second kappa shape index (κ2) is 5.09. The highest BCUT2D eigenvalue weighted by Crippen LogP contribution is 2.16. The molecule has 1 aromatic carbocycles. The number of hydrogen-bond donors (Lipinski definition) is 1.